The minimum Gasteiger partial charge on any atom is -0.497 e. The van der Waals surface area contributed by atoms with E-state index in [9.17, 15) is 18.0 Å². The van der Waals surface area contributed by atoms with Crippen LogP contribution in [-0.2, 0) is 26.2 Å². The topological polar surface area (TPSA) is 96.0 Å². The van der Waals surface area contributed by atoms with E-state index in [0.29, 0.717) is 17.9 Å². The Bertz CT molecular complexity index is 1120. The molecule has 0 aliphatic heterocycles. The lowest BCUT2D eigenvalue weighted by Gasteiger charge is -2.30. The quantitative estimate of drug-likeness (QED) is 0.435. The number of carbonyl (C=O) groups excluding carboxylic acids is 2. The summed E-state index contributed by atoms with van der Waals surface area (Å²) in [5.41, 5.74) is 2.42. The van der Waals surface area contributed by atoms with Gasteiger partial charge in [0.15, 0.2) is 0 Å². The second-order valence-corrected chi connectivity index (χ2v) is 11.0. The second kappa shape index (κ2) is 13.3. The van der Waals surface area contributed by atoms with E-state index in [1.807, 2.05) is 57.2 Å². The molecule has 1 N–H and O–H groups in total. The zero-order chi connectivity index (χ0) is 26.9. The van der Waals surface area contributed by atoms with Crippen LogP contribution < -0.4 is 14.4 Å². The van der Waals surface area contributed by atoms with Gasteiger partial charge in [-0.3, -0.25) is 13.9 Å². The molecule has 0 unspecified atom stereocenters. The van der Waals surface area contributed by atoms with Crippen LogP contribution in [0.5, 0.6) is 5.75 Å². The first-order chi connectivity index (χ1) is 17.0. The maximum Gasteiger partial charge on any atom is 0.242 e. The molecule has 0 radical (unpaired) electrons. The summed E-state index contributed by atoms with van der Waals surface area (Å²) in [5, 5.41) is 2.95. The molecule has 0 aromatic heterocycles. The van der Waals surface area contributed by atoms with Crippen LogP contribution in [0.1, 0.15) is 51.2 Å². The molecule has 0 fully saturated rings. The first kappa shape index (κ1) is 29.2. The van der Waals surface area contributed by atoms with Crippen LogP contribution in [-0.4, -0.2) is 57.1 Å². The molecule has 2 amide bonds. The van der Waals surface area contributed by atoms with Crippen molar-refractivity contribution in [3.05, 3.63) is 59.7 Å². The number of carbonyl (C=O) groups is 2. The number of benzene rings is 2. The molecule has 0 spiro atoms. The maximum absolute atomic E-state index is 13.4. The van der Waals surface area contributed by atoms with Gasteiger partial charge in [0.2, 0.25) is 21.8 Å². The van der Waals surface area contributed by atoms with Crippen LogP contribution in [0.4, 0.5) is 5.69 Å². The van der Waals surface area contributed by atoms with Crippen molar-refractivity contribution in [2.75, 3.05) is 24.2 Å². The summed E-state index contributed by atoms with van der Waals surface area (Å²) in [6.45, 7) is 7.95. The number of nitrogens with one attached hydrogen (secondary N) is 1. The highest BCUT2D eigenvalue weighted by molar-refractivity contribution is 7.92. The molecule has 0 aliphatic rings. The van der Waals surface area contributed by atoms with Crippen LogP contribution in [0.25, 0.3) is 0 Å². The van der Waals surface area contributed by atoms with Crippen molar-refractivity contribution in [3.8, 4) is 5.75 Å². The van der Waals surface area contributed by atoms with Crippen molar-refractivity contribution < 1.29 is 22.7 Å². The van der Waals surface area contributed by atoms with Gasteiger partial charge in [-0.25, -0.2) is 8.42 Å². The van der Waals surface area contributed by atoms with Crippen molar-refractivity contribution in [2.45, 2.75) is 65.6 Å². The number of hydrogen-bond donors (Lipinski definition) is 1. The number of anilines is 1. The summed E-state index contributed by atoms with van der Waals surface area (Å²) in [5.74, 6) is 0.221. The molecule has 2 aromatic rings. The Hall–Kier alpha value is -3.07. The molecule has 0 aliphatic carbocycles. The Balaban J connectivity index is 2.18. The van der Waals surface area contributed by atoms with Crippen LogP contribution in [0.3, 0.4) is 0 Å². The van der Waals surface area contributed by atoms with Crippen LogP contribution in [0, 0.1) is 6.92 Å². The number of nitrogens with zero attached hydrogens (tertiary/aromatic N) is 2. The number of hydrogen-bond acceptors (Lipinski definition) is 5. The molecule has 2 atom stereocenters. The maximum atomic E-state index is 13.4. The summed E-state index contributed by atoms with van der Waals surface area (Å²) < 4.78 is 31.5. The second-order valence-electron chi connectivity index (χ2n) is 9.14. The number of sulfonamides is 1. The summed E-state index contributed by atoms with van der Waals surface area (Å²) in [7, 11) is -1.95. The first-order valence-corrected chi connectivity index (χ1v) is 14.1. The molecular weight excluding hydrogens is 478 g/mol. The van der Waals surface area contributed by atoms with Gasteiger partial charge in [-0.1, -0.05) is 36.8 Å². The zero-order valence-corrected chi connectivity index (χ0v) is 23.0. The molecule has 0 heterocycles. The predicted octanol–water partition coefficient (Wildman–Crippen LogP) is 3.88. The zero-order valence-electron chi connectivity index (χ0n) is 22.2. The molecule has 0 bridgehead atoms. The van der Waals surface area contributed by atoms with Crippen molar-refractivity contribution in [3.63, 3.8) is 0 Å². The monoisotopic (exact) mass is 517 g/mol. The number of amides is 2. The minimum absolute atomic E-state index is 0.00782. The van der Waals surface area contributed by atoms with Crippen molar-refractivity contribution >= 4 is 27.5 Å². The molecule has 0 saturated heterocycles. The van der Waals surface area contributed by atoms with Gasteiger partial charge >= 0.3 is 0 Å². The largest absolute Gasteiger partial charge is 0.497 e. The lowest BCUT2D eigenvalue weighted by molar-refractivity contribution is -0.140. The molecule has 198 valence electrons. The van der Waals surface area contributed by atoms with Gasteiger partial charge in [0.1, 0.15) is 11.8 Å². The number of rotatable bonds is 13. The third-order valence-corrected chi connectivity index (χ3v) is 7.32. The van der Waals surface area contributed by atoms with Gasteiger partial charge in [0.05, 0.1) is 19.1 Å². The van der Waals surface area contributed by atoms with Gasteiger partial charge in [0.25, 0.3) is 0 Å². The third kappa shape index (κ3) is 8.55. The highest BCUT2D eigenvalue weighted by Gasteiger charge is 2.27. The van der Waals surface area contributed by atoms with Crippen molar-refractivity contribution in [1.82, 2.24) is 10.2 Å². The number of ether oxygens (including phenoxy) is 1. The SMILES string of the molecule is CC[C@@H](C)NC(=O)[C@@H](C)N(Cc1cccc(OC)c1)C(=O)CCCN(c1ccc(C)cc1)S(C)(=O)=O. The van der Waals surface area contributed by atoms with Gasteiger partial charge in [0, 0.05) is 25.6 Å². The Kier molecular flexibility index (Phi) is 10.8. The highest BCUT2D eigenvalue weighted by atomic mass is 32.2. The first-order valence-electron chi connectivity index (χ1n) is 12.2. The van der Waals surface area contributed by atoms with E-state index in [0.717, 1.165) is 23.8 Å². The van der Waals surface area contributed by atoms with E-state index in [1.54, 1.807) is 31.1 Å². The lowest BCUT2D eigenvalue weighted by Crippen LogP contribution is -2.49. The highest BCUT2D eigenvalue weighted by Crippen LogP contribution is 2.20. The average Bonchev–Trinajstić information content (AvgIpc) is 2.84. The minimum atomic E-state index is -3.52. The third-order valence-electron chi connectivity index (χ3n) is 6.13. The van der Waals surface area contributed by atoms with Crippen LogP contribution in [0.2, 0.25) is 0 Å². The Labute approximate surface area is 215 Å². The van der Waals surface area contributed by atoms with Crippen LogP contribution in [0.15, 0.2) is 48.5 Å². The van der Waals surface area contributed by atoms with E-state index in [1.165, 1.54) is 4.31 Å². The fraction of sp³-hybridized carbons (Fsp3) is 0.481. The lowest BCUT2D eigenvalue weighted by atomic mass is 10.1. The Morgan fingerprint density at radius 3 is 2.33 bits per heavy atom. The summed E-state index contributed by atoms with van der Waals surface area (Å²) in [4.78, 5) is 27.8. The van der Waals surface area contributed by atoms with Gasteiger partial charge in [-0.2, -0.15) is 0 Å². The van der Waals surface area contributed by atoms with Gasteiger partial charge in [-0.05, 0) is 63.4 Å². The molecular formula is C27H39N3O5S. The van der Waals surface area contributed by atoms with Gasteiger partial charge < -0.3 is 15.0 Å². The standard InChI is InChI=1S/C27H39N3O5S/c1-7-21(3)28-27(32)22(4)29(19-23-10-8-11-25(18-23)35-5)26(31)12-9-17-30(36(6,33)34)24-15-13-20(2)14-16-24/h8,10-11,13-16,18,21-22H,7,9,12,17,19H2,1-6H3,(H,28,32)/t21-,22-/m1/s1. The fourth-order valence-electron chi connectivity index (χ4n) is 3.73. The van der Waals surface area contributed by atoms with E-state index >= 15 is 0 Å². The summed E-state index contributed by atoms with van der Waals surface area (Å²) in [6.07, 6.45) is 2.35. The normalized spacial score (nSPS) is 12.9. The molecule has 2 rings (SSSR count). The fourth-order valence-corrected chi connectivity index (χ4v) is 4.70. The van der Waals surface area contributed by atoms with E-state index in [4.69, 9.17) is 4.74 Å². The molecule has 36 heavy (non-hydrogen) atoms. The number of aryl methyl sites for hydroxylation is 1. The molecule has 9 heteroatoms. The molecule has 8 nitrogen and oxygen atoms in total. The van der Waals surface area contributed by atoms with E-state index < -0.39 is 16.1 Å². The summed E-state index contributed by atoms with van der Waals surface area (Å²) in [6, 6.07) is 13.9. The van der Waals surface area contributed by atoms with Gasteiger partial charge in [-0.15, -0.1) is 0 Å². The Morgan fingerprint density at radius 2 is 1.75 bits per heavy atom. The van der Waals surface area contributed by atoms with E-state index in [-0.39, 0.29) is 37.4 Å². The smallest absolute Gasteiger partial charge is 0.242 e. The Morgan fingerprint density at radius 1 is 1.08 bits per heavy atom. The average molecular weight is 518 g/mol. The number of methoxy groups -OCH3 is 1. The predicted molar refractivity (Wildman–Crippen MR) is 144 cm³/mol. The molecule has 2 aromatic carbocycles. The summed E-state index contributed by atoms with van der Waals surface area (Å²) >= 11 is 0. The molecule has 0 saturated carbocycles. The van der Waals surface area contributed by atoms with E-state index in [2.05, 4.69) is 5.32 Å². The van der Waals surface area contributed by atoms with Crippen molar-refractivity contribution in [1.29, 1.82) is 0 Å². The van der Waals surface area contributed by atoms with Crippen molar-refractivity contribution in [2.24, 2.45) is 0 Å². The van der Waals surface area contributed by atoms with Crippen LogP contribution >= 0.6 is 0 Å².